The van der Waals surface area contributed by atoms with Crippen LogP contribution in [0.5, 0.6) is 11.5 Å². The molecular formula is C25H30N2O5S. The molecule has 0 aliphatic carbocycles. The second kappa shape index (κ2) is 11.8. The van der Waals surface area contributed by atoms with Crippen LogP contribution in [0.1, 0.15) is 29.5 Å². The number of benzene rings is 2. The van der Waals surface area contributed by atoms with E-state index in [0.717, 1.165) is 17.5 Å². The van der Waals surface area contributed by atoms with Gasteiger partial charge >= 0.3 is 0 Å². The second-order valence-corrected chi connectivity index (χ2v) is 9.05. The first-order chi connectivity index (χ1) is 15.9. The minimum atomic E-state index is -1.39. The summed E-state index contributed by atoms with van der Waals surface area (Å²) in [5.74, 6) is 2.25. The van der Waals surface area contributed by atoms with E-state index in [4.69, 9.17) is 13.9 Å². The number of methoxy groups -OCH3 is 2. The average molecular weight is 471 g/mol. The number of hydrogen-bond acceptors (Lipinski definition) is 6. The topological polar surface area (TPSA) is 96.7 Å². The van der Waals surface area contributed by atoms with Crippen LogP contribution in [0.2, 0.25) is 0 Å². The van der Waals surface area contributed by atoms with E-state index in [1.54, 1.807) is 21.1 Å². The Morgan fingerprint density at radius 1 is 1.09 bits per heavy atom. The van der Waals surface area contributed by atoms with Crippen LogP contribution in [0.25, 0.3) is 11.5 Å². The molecule has 0 radical (unpaired) electrons. The monoisotopic (exact) mass is 470 g/mol. The summed E-state index contributed by atoms with van der Waals surface area (Å²) in [6, 6.07) is 13.7. The fourth-order valence-electron chi connectivity index (χ4n) is 3.35. The van der Waals surface area contributed by atoms with E-state index in [9.17, 15) is 9.35 Å². The molecule has 0 saturated heterocycles. The molecule has 0 fully saturated rings. The molecular weight excluding hydrogens is 440 g/mol. The fourth-order valence-corrected chi connectivity index (χ4v) is 4.42. The molecule has 1 atom stereocenters. The van der Waals surface area contributed by atoms with Crippen molar-refractivity contribution in [1.29, 1.82) is 0 Å². The van der Waals surface area contributed by atoms with E-state index in [2.05, 4.69) is 17.2 Å². The van der Waals surface area contributed by atoms with Gasteiger partial charge in [0.15, 0.2) is 23.0 Å². The molecule has 1 heterocycles. The SMILES string of the molecule is CCc1ccc(-c2nc(C[S+]([O-])CC(=O)NCCc3ccc(OC)c(OC)c3)c(C)o2)cc1. The van der Waals surface area contributed by atoms with Crippen molar-refractivity contribution in [1.82, 2.24) is 10.3 Å². The second-order valence-electron chi connectivity index (χ2n) is 7.59. The number of aryl methyl sites for hydroxylation is 2. The van der Waals surface area contributed by atoms with Gasteiger partial charge < -0.3 is 23.8 Å². The highest BCUT2D eigenvalue weighted by molar-refractivity contribution is 7.91. The van der Waals surface area contributed by atoms with Crippen LogP contribution in [0, 0.1) is 6.92 Å². The highest BCUT2D eigenvalue weighted by atomic mass is 32.2. The number of nitrogens with zero attached hydrogens (tertiary/aromatic N) is 1. The average Bonchev–Trinajstić information content (AvgIpc) is 3.18. The maximum absolute atomic E-state index is 12.5. The predicted octanol–water partition coefficient (Wildman–Crippen LogP) is 3.84. The first kappa shape index (κ1) is 24.7. The molecule has 0 saturated carbocycles. The number of amides is 1. The first-order valence-corrected chi connectivity index (χ1v) is 12.3. The van der Waals surface area contributed by atoms with Gasteiger partial charge in [-0.25, -0.2) is 4.98 Å². The number of aromatic nitrogens is 1. The normalized spacial score (nSPS) is 11.8. The summed E-state index contributed by atoms with van der Waals surface area (Å²) in [4.78, 5) is 16.7. The van der Waals surface area contributed by atoms with Gasteiger partial charge in [-0.2, -0.15) is 0 Å². The van der Waals surface area contributed by atoms with Crippen molar-refractivity contribution in [3.8, 4) is 23.0 Å². The van der Waals surface area contributed by atoms with Gasteiger partial charge in [0.25, 0.3) is 5.91 Å². The third-order valence-electron chi connectivity index (χ3n) is 5.28. The summed E-state index contributed by atoms with van der Waals surface area (Å²) >= 11 is -1.39. The number of ether oxygens (including phenoxy) is 2. The molecule has 0 aliphatic rings. The van der Waals surface area contributed by atoms with Crippen LogP contribution in [-0.4, -0.2) is 42.0 Å². The molecule has 1 aromatic heterocycles. The number of nitrogens with one attached hydrogen (secondary N) is 1. The predicted molar refractivity (Wildman–Crippen MR) is 129 cm³/mol. The van der Waals surface area contributed by atoms with E-state index >= 15 is 0 Å². The minimum Gasteiger partial charge on any atom is -0.616 e. The fraction of sp³-hybridized carbons (Fsp3) is 0.360. The van der Waals surface area contributed by atoms with Gasteiger partial charge in [-0.3, -0.25) is 4.79 Å². The zero-order valence-corrected chi connectivity index (χ0v) is 20.3. The van der Waals surface area contributed by atoms with Gasteiger partial charge in [-0.15, -0.1) is 0 Å². The summed E-state index contributed by atoms with van der Waals surface area (Å²) in [6.45, 7) is 4.34. The lowest BCUT2D eigenvalue weighted by Crippen LogP contribution is -2.32. The maximum atomic E-state index is 12.5. The molecule has 3 aromatic rings. The highest BCUT2D eigenvalue weighted by Crippen LogP contribution is 2.27. The Morgan fingerprint density at radius 3 is 2.45 bits per heavy atom. The van der Waals surface area contributed by atoms with Crippen molar-refractivity contribution in [2.24, 2.45) is 0 Å². The standard InChI is InChI=1S/C25H30N2O5S/c1-5-18-6-9-20(10-7-18)25-27-21(17(2)32-25)15-33(29)16-24(28)26-13-12-19-8-11-22(30-3)23(14-19)31-4/h6-11,14H,5,12-13,15-16H2,1-4H3,(H,26,28). The van der Waals surface area contributed by atoms with Crippen LogP contribution < -0.4 is 14.8 Å². The molecule has 2 aromatic carbocycles. The Kier molecular flexibility index (Phi) is 8.79. The smallest absolute Gasteiger partial charge is 0.269 e. The summed E-state index contributed by atoms with van der Waals surface area (Å²) in [7, 11) is 3.17. The molecule has 33 heavy (non-hydrogen) atoms. The van der Waals surface area contributed by atoms with E-state index < -0.39 is 11.2 Å². The summed E-state index contributed by atoms with van der Waals surface area (Å²) in [6.07, 6.45) is 1.59. The molecule has 176 valence electrons. The number of carbonyl (C=O) groups is 1. The van der Waals surface area contributed by atoms with E-state index in [0.29, 0.717) is 41.8 Å². The zero-order chi connectivity index (χ0) is 23.8. The molecule has 1 N–H and O–H groups in total. The zero-order valence-electron chi connectivity index (χ0n) is 19.5. The van der Waals surface area contributed by atoms with E-state index in [1.807, 2.05) is 42.5 Å². The minimum absolute atomic E-state index is 0.0846. The third-order valence-corrected chi connectivity index (χ3v) is 6.45. The molecule has 7 nitrogen and oxygen atoms in total. The van der Waals surface area contributed by atoms with Crippen molar-refractivity contribution < 1.29 is 23.2 Å². The van der Waals surface area contributed by atoms with Crippen LogP contribution in [0.3, 0.4) is 0 Å². The number of carbonyl (C=O) groups excluding carboxylic acids is 1. The Bertz CT molecular complexity index is 1070. The lowest BCUT2D eigenvalue weighted by molar-refractivity contribution is -0.118. The van der Waals surface area contributed by atoms with Gasteiger partial charge in [0, 0.05) is 12.1 Å². The number of oxazole rings is 1. The highest BCUT2D eigenvalue weighted by Gasteiger charge is 2.20. The lowest BCUT2D eigenvalue weighted by atomic mass is 10.1. The van der Waals surface area contributed by atoms with Gasteiger partial charge in [0.05, 0.1) is 14.2 Å². The number of hydrogen-bond donors (Lipinski definition) is 1. The first-order valence-electron chi connectivity index (χ1n) is 10.8. The van der Waals surface area contributed by atoms with Crippen molar-refractivity contribution in [2.75, 3.05) is 26.5 Å². The number of rotatable bonds is 11. The van der Waals surface area contributed by atoms with Gasteiger partial charge in [0.1, 0.15) is 11.5 Å². The van der Waals surface area contributed by atoms with Crippen molar-refractivity contribution in [3.05, 3.63) is 65.0 Å². The Labute approximate surface area is 197 Å². The molecule has 0 spiro atoms. The van der Waals surface area contributed by atoms with Crippen LogP contribution >= 0.6 is 0 Å². The largest absolute Gasteiger partial charge is 0.616 e. The molecule has 1 amide bonds. The molecule has 0 aliphatic heterocycles. The third kappa shape index (κ3) is 6.76. The van der Waals surface area contributed by atoms with Gasteiger partial charge in [0.2, 0.25) is 5.89 Å². The summed E-state index contributed by atoms with van der Waals surface area (Å²) in [5.41, 5.74) is 3.73. The Balaban J connectivity index is 1.49. The van der Waals surface area contributed by atoms with Crippen molar-refractivity contribution in [3.63, 3.8) is 0 Å². The quantitative estimate of drug-likeness (QED) is 0.428. The van der Waals surface area contributed by atoms with E-state index in [-0.39, 0.29) is 17.4 Å². The van der Waals surface area contributed by atoms with Crippen molar-refractivity contribution >= 4 is 17.1 Å². The molecule has 0 bridgehead atoms. The Hall–Kier alpha value is -2.97. The van der Waals surface area contributed by atoms with Crippen LogP contribution in [0.4, 0.5) is 0 Å². The van der Waals surface area contributed by atoms with Crippen LogP contribution in [0.15, 0.2) is 46.9 Å². The summed E-state index contributed by atoms with van der Waals surface area (Å²) < 4.78 is 28.8. The maximum Gasteiger partial charge on any atom is 0.269 e. The molecule has 1 unspecified atom stereocenters. The van der Waals surface area contributed by atoms with Gasteiger partial charge in [-0.05, 0) is 66.3 Å². The van der Waals surface area contributed by atoms with Crippen LogP contribution in [-0.2, 0) is 34.6 Å². The van der Waals surface area contributed by atoms with Gasteiger partial charge in [-0.1, -0.05) is 25.1 Å². The van der Waals surface area contributed by atoms with Crippen molar-refractivity contribution in [2.45, 2.75) is 32.4 Å². The lowest BCUT2D eigenvalue weighted by Gasteiger charge is -2.11. The summed E-state index contributed by atoms with van der Waals surface area (Å²) in [5, 5.41) is 2.82. The van der Waals surface area contributed by atoms with E-state index in [1.165, 1.54) is 5.56 Å². The molecule has 8 heteroatoms. The Morgan fingerprint density at radius 2 is 1.79 bits per heavy atom. The molecule has 3 rings (SSSR count).